The average Bonchev–Trinajstić information content (AvgIpc) is 2.88. The Morgan fingerprint density at radius 3 is 2.28 bits per heavy atom. The van der Waals surface area contributed by atoms with Crippen LogP contribution in [0.5, 0.6) is 0 Å². The van der Waals surface area contributed by atoms with E-state index in [0.29, 0.717) is 10.6 Å². The van der Waals surface area contributed by atoms with Gasteiger partial charge >= 0.3 is 17.8 Å². The van der Waals surface area contributed by atoms with E-state index in [1.807, 2.05) is 26.0 Å². The number of morpholine rings is 1. The lowest BCUT2D eigenvalue weighted by atomic mass is 10.2. The fraction of sp³-hybridized carbons (Fsp3) is 0.500. The van der Waals surface area contributed by atoms with Crippen LogP contribution in [0.2, 0.25) is 0 Å². The normalized spacial score (nSPS) is 18.1. The van der Waals surface area contributed by atoms with Crippen molar-refractivity contribution in [1.82, 2.24) is 14.7 Å². The van der Waals surface area contributed by atoms with Gasteiger partial charge in [-0.1, -0.05) is 26.0 Å². The summed E-state index contributed by atoms with van der Waals surface area (Å²) in [4.78, 5) is 52.5. The molecule has 0 unspecified atom stereocenters. The molecule has 0 atom stereocenters. The summed E-state index contributed by atoms with van der Waals surface area (Å²) in [5.41, 5.74) is 1.68. The minimum absolute atomic E-state index is 0.0282. The molecular weight excluding hydrogens is 376 g/mol. The van der Waals surface area contributed by atoms with Crippen LogP contribution >= 0.6 is 0 Å². The monoisotopic (exact) mass is 402 g/mol. The van der Waals surface area contributed by atoms with Crippen LogP contribution in [0.1, 0.15) is 19.4 Å². The van der Waals surface area contributed by atoms with Crippen molar-refractivity contribution < 1.29 is 23.9 Å². The Bertz CT molecular complexity index is 787. The molecule has 0 aromatic heterocycles. The molecule has 1 aromatic carbocycles. The first kappa shape index (κ1) is 20.9. The smallest absolute Gasteiger partial charge is 0.334 e. The van der Waals surface area contributed by atoms with Gasteiger partial charge in [0.1, 0.15) is 6.54 Å². The number of amides is 5. The maximum atomic E-state index is 12.3. The molecule has 2 heterocycles. The number of hydrogen-bond acceptors (Lipinski definition) is 6. The number of hydrogen-bond donors (Lipinski definition) is 1. The van der Waals surface area contributed by atoms with E-state index in [-0.39, 0.29) is 12.5 Å². The predicted octanol–water partition coefficient (Wildman–Crippen LogP) is 0.904. The van der Waals surface area contributed by atoms with Gasteiger partial charge in [0, 0.05) is 31.9 Å². The maximum Gasteiger partial charge on any atom is 0.334 e. The van der Waals surface area contributed by atoms with E-state index in [4.69, 9.17) is 4.74 Å². The van der Waals surface area contributed by atoms with E-state index in [0.717, 1.165) is 43.3 Å². The average molecular weight is 402 g/mol. The third kappa shape index (κ3) is 5.18. The Balaban J connectivity index is 1.54. The Hall–Kier alpha value is -2.78. The highest BCUT2D eigenvalue weighted by molar-refractivity contribution is 6.45. The Kier molecular flexibility index (Phi) is 6.60. The molecule has 2 saturated heterocycles. The summed E-state index contributed by atoms with van der Waals surface area (Å²) < 4.78 is 5.34. The van der Waals surface area contributed by atoms with Crippen molar-refractivity contribution >= 4 is 29.4 Å². The van der Waals surface area contributed by atoms with Gasteiger partial charge in [-0.2, -0.15) is 0 Å². The van der Waals surface area contributed by atoms with Gasteiger partial charge in [-0.3, -0.25) is 24.2 Å². The van der Waals surface area contributed by atoms with Crippen molar-refractivity contribution in [2.24, 2.45) is 5.92 Å². The number of ether oxygens (including phenoxy) is 1. The summed E-state index contributed by atoms with van der Waals surface area (Å²) in [6.07, 6.45) is 0. The molecule has 29 heavy (non-hydrogen) atoms. The van der Waals surface area contributed by atoms with E-state index in [9.17, 15) is 19.2 Å². The van der Waals surface area contributed by atoms with Crippen LogP contribution in [0, 0.1) is 5.92 Å². The number of urea groups is 1. The molecule has 5 amide bonds. The molecule has 9 nitrogen and oxygen atoms in total. The lowest BCUT2D eigenvalue weighted by Crippen LogP contribution is -2.39. The van der Waals surface area contributed by atoms with Gasteiger partial charge in [-0.25, -0.2) is 9.69 Å². The van der Waals surface area contributed by atoms with Crippen molar-refractivity contribution in [3.8, 4) is 0 Å². The summed E-state index contributed by atoms with van der Waals surface area (Å²) in [6.45, 7) is 7.39. The molecule has 0 radical (unpaired) electrons. The van der Waals surface area contributed by atoms with Gasteiger partial charge < -0.3 is 10.1 Å². The number of anilines is 1. The van der Waals surface area contributed by atoms with Crippen molar-refractivity contribution in [3.63, 3.8) is 0 Å². The summed E-state index contributed by atoms with van der Waals surface area (Å²) in [5, 5.41) is 2.66. The second kappa shape index (κ2) is 9.15. The number of imide groups is 2. The molecule has 1 aromatic rings. The number of benzene rings is 1. The fourth-order valence-corrected chi connectivity index (χ4v) is 3.27. The topological polar surface area (TPSA) is 99.3 Å². The number of carbonyl (C=O) groups excluding carboxylic acids is 4. The van der Waals surface area contributed by atoms with Crippen LogP contribution in [-0.4, -0.2) is 77.8 Å². The third-order valence-electron chi connectivity index (χ3n) is 4.73. The van der Waals surface area contributed by atoms with Crippen molar-refractivity contribution in [1.29, 1.82) is 0 Å². The summed E-state index contributed by atoms with van der Waals surface area (Å²) >= 11 is 0. The molecule has 3 rings (SSSR count). The van der Waals surface area contributed by atoms with Gasteiger partial charge in [0.15, 0.2) is 0 Å². The standard InChI is InChI=1S/C20H26N4O5/c1-14(2)11-23-18(26)19(27)24(20(23)28)13-17(25)21-16-5-3-15(4-6-16)12-22-7-9-29-10-8-22/h3-6,14H,7-13H2,1-2H3,(H,21,25). The highest BCUT2D eigenvalue weighted by atomic mass is 16.5. The van der Waals surface area contributed by atoms with Crippen LogP contribution in [0.4, 0.5) is 10.5 Å². The first-order valence-corrected chi connectivity index (χ1v) is 9.71. The summed E-state index contributed by atoms with van der Waals surface area (Å²) in [5.74, 6) is -2.36. The Morgan fingerprint density at radius 2 is 1.66 bits per heavy atom. The first-order valence-electron chi connectivity index (χ1n) is 9.71. The van der Waals surface area contributed by atoms with Crippen molar-refractivity contribution in [2.75, 3.05) is 44.7 Å². The largest absolute Gasteiger partial charge is 0.379 e. The zero-order valence-corrected chi connectivity index (χ0v) is 16.7. The second-order valence-corrected chi connectivity index (χ2v) is 7.62. The Labute approximate surface area is 169 Å². The van der Waals surface area contributed by atoms with E-state index < -0.39 is 30.3 Å². The van der Waals surface area contributed by atoms with E-state index in [1.165, 1.54) is 0 Å². The summed E-state index contributed by atoms with van der Waals surface area (Å²) in [6, 6.07) is 6.65. The van der Waals surface area contributed by atoms with E-state index in [2.05, 4.69) is 10.2 Å². The van der Waals surface area contributed by atoms with E-state index in [1.54, 1.807) is 12.1 Å². The quantitative estimate of drug-likeness (QED) is 0.538. The lowest BCUT2D eigenvalue weighted by molar-refractivity contribution is -0.143. The van der Waals surface area contributed by atoms with Crippen LogP contribution in [-0.2, 0) is 25.7 Å². The second-order valence-electron chi connectivity index (χ2n) is 7.62. The molecule has 9 heteroatoms. The molecule has 2 aliphatic rings. The van der Waals surface area contributed by atoms with E-state index >= 15 is 0 Å². The fourth-order valence-electron chi connectivity index (χ4n) is 3.27. The Morgan fingerprint density at radius 1 is 1.03 bits per heavy atom. The predicted molar refractivity (Wildman–Crippen MR) is 105 cm³/mol. The van der Waals surface area contributed by atoms with Gasteiger partial charge in [0.2, 0.25) is 5.91 Å². The number of carbonyl (C=O) groups is 4. The van der Waals surface area contributed by atoms with Gasteiger partial charge in [-0.15, -0.1) is 0 Å². The zero-order chi connectivity index (χ0) is 21.0. The molecule has 0 bridgehead atoms. The molecule has 156 valence electrons. The van der Waals surface area contributed by atoms with Crippen molar-refractivity contribution in [2.45, 2.75) is 20.4 Å². The maximum absolute atomic E-state index is 12.3. The van der Waals surface area contributed by atoms with Gasteiger partial charge in [0.25, 0.3) is 0 Å². The van der Waals surface area contributed by atoms with Gasteiger partial charge in [0.05, 0.1) is 13.2 Å². The molecule has 0 aliphatic carbocycles. The van der Waals surface area contributed by atoms with Crippen LogP contribution in [0.3, 0.4) is 0 Å². The highest BCUT2D eigenvalue weighted by Crippen LogP contribution is 2.16. The third-order valence-corrected chi connectivity index (χ3v) is 4.73. The minimum atomic E-state index is -0.966. The van der Waals surface area contributed by atoms with Gasteiger partial charge in [-0.05, 0) is 23.6 Å². The lowest BCUT2D eigenvalue weighted by Gasteiger charge is -2.26. The number of nitrogens with zero attached hydrogens (tertiary/aromatic N) is 3. The van der Waals surface area contributed by atoms with Crippen LogP contribution < -0.4 is 5.32 Å². The first-order chi connectivity index (χ1) is 13.8. The SMILES string of the molecule is CC(C)CN1C(=O)C(=O)N(CC(=O)Nc2ccc(CN3CCOCC3)cc2)C1=O. The van der Waals surface area contributed by atoms with Crippen LogP contribution in [0.25, 0.3) is 0 Å². The minimum Gasteiger partial charge on any atom is -0.379 e. The molecule has 1 N–H and O–H groups in total. The number of nitrogens with one attached hydrogen (secondary N) is 1. The molecule has 0 spiro atoms. The molecule has 2 fully saturated rings. The zero-order valence-electron chi connectivity index (χ0n) is 16.7. The van der Waals surface area contributed by atoms with Crippen molar-refractivity contribution in [3.05, 3.63) is 29.8 Å². The highest BCUT2D eigenvalue weighted by Gasteiger charge is 2.45. The molecule has 0 saturated carbocycles. The number of rotatable bonds is 7. The summed E-state index contributed by atoms with van der Waals surface area (Å²) in [7, 11) is 0. The molecular formula is C20H26N4O5. The molecule has 2 aliphatic heterocycles. The van der Waals surface area contributed by atoms with Crippen LogP contribution in [0.15, 0.2) is 24.3 Å².